The minimum Gasteiger partial charge on any atom is -0.301 e. The molecule has 0 saturated heterocycles. The Morgan fingerprint density at radius 3 is 2.56 bits per heavy atom. The average molecular weight is 381 g/mol. The molecule has 0 aliphatic carbocycles. The van der Waals surface area contributed by atoms with Crippen LogP contribution in [0.3, 0.4) is 0 Å². The highest BCUT2D eigenvalue weighted by molar-refractivity contribution is 7.99. The number of aromatic nitrogens is 2. The van der Waals surface area contributed by atoms with Gasteiger partial charge in [-0.1, -0.05) is 25.1 Å². The number of ketones is 1. The van der Waals surface area contributed by atoms with Crippen LogP contribution >= 0.6 is 11.8 Å². The van der Waals surface area contributed by atoms with E-state index < -0.39 is 10.0 Å². The van der Waals surface area contributed by atoms with Crippen molar-refractivity contribution in [1.29, 1.82) is 0 Å². The number of nitrogens with zero attached hydrogens (tertiary/aromatic N) is 1. The number of aromatic amines is 1. The maximum Gasteiger partial charge on any atom is 0.251 e. The second-order valence-corrected chi connectivity index (χ2v) is 8.17. The summed E-state index contributed by atoms with van der Waals surface area (Å²) in [6.07, 6.45) is 2.65. The maximum atomic E-state index is 12.2. The van der Waals surface area contributed by atoms with E-state index in [-0.39, 0.29) is 17.1 Å². The van der Waals surface area contributed by atoms with Crippen LogP contribution in [0, 0.1) is 0 Å². The molecule has 0 fully saturated rings. The number of aryl methyl sites for hydroxylation is 1. The molecule has 25 heavy (non-hydrogen) atoms. The third-order valence-electron chi connectivity index (χ3n) is 3.13. The molecule has 0 bridgehead atoms. The molecule has 2 aromatic rings. The number of hydrogen-bond donors (Lipinski definition) is 2. The van der Waals surface area contributed by atoms with Crippen molar-refractivity contribution < 1.29 is 13.2 Å². The molecule has 0 spiro atoms. The lowest BCUT2D eigenvalue weighted by Gasteiger charge is -2.06. The lowest BCUT2D eigenvalue weighted by molar-refractivity contribution is 0.102. The molecule has 1 aromatic heterocycles. The zero-order valence-electron chi connectivity index (χ0n) is 13.9. The number of carbonyl (C=O) groups excluding carboxylic acids is 1. The first-order valence-electron chi connectivity index (χ1n) is 7.61. The van der Waals surface area contributed by atoms with E-state index in [1.165, 1.54) is 18.2 Å². The summed E-state index contributed by atoms with van der Waals surface area (Å²) in [5, 5.41) is 0.416. The SMILES string of the molecule is CCCc1cc(=O)[nH]c(SCC(=O)c2ccc(NS(C)(=O)=O)cc2)n1. The molecule has 1 heterocycles. The van der Waals surface area contributed by atoms with Gasteiger partial charge < -0.3 is 4.98 Å². The number of Topliss-reactive ketones (excluding diaryl/α,β-unsaturated/α-hetero) is 1. The van der Waals surface area contributed by atoms with Gasteiger partial charge in [0.15, 0.2) is 10.9 Å². The van der Waals surface area contributed by atoms with Crippen LogP contribution in [-0.2, 0) is 16.4 Å². The largest absolute Gasteiger partial charge is 0.301 e. The van der Waals surface area contributed by atoms with Crippen LogP contribution in [0.2, 0.25) is 0 Å². The normalized spacial score (nSPS) is 11.3. The molecule has 0 atom stereocenters. The Morgan fingerprint density at radius 1 is 1.28 bits per heavy atom. The topological polar surface area (TPSA) is 109 Å². The van der Waals surface area contributed by atoms with E-state index in [1.807, 2.05) is 6.92 Å². The molecule has 0 aliphatic rings. The van der Waals surface area contributed by atoms with Gasteiger partial charge >= 0.3 is 0 Å². The van der Waals surface area contributed by atoms with Gasteiger partial charge in [-0.15, -0.1) is 0 Å². The summed E-state index contributed by atoms with van der Waals surface area (Å²) in [5.41, 5.74) is 1.32. The zero-order chi connectivity index (χ0) is 18.4. The smallest absolute Gasteiger partial charge is 0.251 e. The van der Waals surface area contributed by atoms with Gasteiger partial charge in [0.2, 0.25) is 10.0 Å². The van der Waals surface area contributed by atoms with Crippen molar-refractivity contribution in [1.82, 2.24) is 9.97 Å². The average Bonchev–Trinajstić information content (AvgIpc) is 2.51. The fourth-order valence-corrected chi connectivity index (χ4v) is 3.44. The minimum absolute atomic E-state index is 0.122. The fraction of sp³-hybridized carbons (Fsp3) is 0.312. The van der Waals surface area contributed by atoms with Gasteiger partial charge in [-0.3, -0.25) is 14.3 Å². The first kappa shape index (κ1) is 19.2. The molecular formula is C16H19N3O4S2. The summed E-state index contributed by atoms with van der Waals surface area (Å²) in [6, 6.07) is 7.63. The van der Waals surface area contributed by atoms with Crippen LogP contribution in [0.25, 0.3) is 0 Å². The molecule has 134 valence electrons. The van der Waals surface area contributed by atoms with Crippen molar-refractivity contribution in [3.05, 3.63) is 51.9 Å². The van der Waals surface area contributed by atoms with E-state index in [1.54, 1.807) is 12.1 Å². The van der Waals surface area contributed by atoms with Crippen LogP contribution in [0.4, 0.5) is 5.69 Å². The molecule has 7 nitrogen and oxygen atoms in total. The van der Waals surface area contributed by atoms with Gasteiger partial charge in [-0.25, -0.2) is 13.4 Å². The lowest BCUT2D eigenvalue weighted by atomic mass is 10.1. The van der Waals surface area contributed by atoms with Crippen LogP contribution in [0.15, 0.2) is 40.3 Å². The second kappa shape index (κ2) is 8.30. The molecule has 0 saturated carbocycles. The number of hydrogen-bond acceptors (Lipinski definition) is 6. The molecule has 0 aliphatic heterocycles. The lowest BCUT2D eigenvalue weighted by Crippen LogP contribution is -2.11. The highest BCUT2D eigenvalue weighted by atomic mass is 32.2. The van der Waals surface area contributed by atoms with E-state index in [0.717, 1.165) is 24.4 Å². The van der Waals surface area contributed by atoms with Crippen molar-refractivity contribution in [2.24, 2.45) is 0 Å². The van der Waals surface area contributed by atoms with Gasteiger partial charge in [0, 0.05) is 23.0 Å². The zero-order valence-corrected chi connectivity index (χ0v) is 15.5. The molecule has 0 amide bonds. The monoisotopic (exact) mass is 381 g/mol. The first-order valence-corrected chi connectivity index (χ1v) is 10.5. The third kappa shape index (κ3) is 6.35. The number of rotatable bonds is 8. The van der Waals surface area contributed by atoms with Gasteiger partial charge in [0.05, 0.1) is 12.0 Å². The molecule has 2 rings (SSSR count). The Morgan fingerprint density at radius 2 is 1.96 bits per heavy atom. The molecular weight excluding hydrogens is 362 g/mol. The first-order chi connectivity index (χ1) is 11.8. The number of nitrogens with one attached hydrogen (secondary N) is 2. The van der Waals surface area contributed by atoms with Gasteiger partial charge in [0.25, 0.3) is 5.56 Å². The van der Waals surface area contributed by atoms with Gasteiger partial charge in [0.1, 0.15) is 0 Å². The third-order valence-corrected chi connectivity index (χ3v) is 4.61. The summed E-state index contributed by atoms with van der Waals surface area (Å²) in [4.78, 5) is 30.8. The Balaban J connectivity index is 2.02. The molecule has 1 aromatic carbocycles. The predicted molar refractivity (Wildman–Crippen MR) is 98.8 cm³/mol. The fourth-order valence-electron chi connectivity index (χ4n) is 2.09. The van der Waals surface area contributed by atoms with E-state index in [9.17, 15) is 18.0 Å². The summed E-state index contributed by atoms with van der Waals surface area (Å²) in [7, 11) is -3.35. The number of thioether (sulfide) groups is 1. The van der Waals surface area contributed by atoms with Gasteiger partial charge in [-0.2, -0.15) is 0 Å². The van der Waals surface area contributed by atoms with E-state index in [4.69, 9.17) is 0 Å². The Kier molecular flexibility index (Phi) is 6.38. The highest BCUT2D eigenvalue weighted by Gasteiger charge is 2.10. The van der Waals surface area contributed by atoms with Crippen molar-refractivity contribution in [3.63, 3.8) is 0 Å². The van der Waals surface area contributed by atoms with E-state index in [0.29, 0.717) is 28.5 Å². The summed E-state index contributed by atoms with van der Waals surface area (Å²) in [6.45, 7) is 2.00. The highest BCUT2D eigenvalue weighted by Crippen LogP contribution is 2.16. The quantitative estimate of drug-likeness (QED) is 0.412. The van der Waals surface area contributed by atoms with E-state index >= 15 is 0 Å². The number of benzene rings is 1. The Labute approximate surface area is 150 Å². The van der Waals surface area contributed by atoms with Crippen LogP contribution < -0.4 is 10.3 Å². The molecule has 9 heteroatoms. The Bertz CT molecular complexity index is 906. The summed E-state index contributed by atoms with van der Waals surface area (Å²) < 4.78 is 24.7. The van der Waals surface area contributed by atoms with Crippen molar-refractivity contribution in [2.45, 2.75) is 24.9 Å². The van der Waals surface area contributed by atoms with Crippen molar-refractivity contribution >= 4 is 33.3 Å². The van der Waals surface area contributed by atoms with E-state index in [2.05, 4.69) is 14.7 Å². The predicted octanol–water partition coefficient (Wildman–Crippen LogP) is 2.07. The second-order valence-electron chi connectivity index (χ2n) is 5.46. The molecule has 0 unspecified atom stereocenters. The summed E-state index contributed by atoms with van der Waals surface area (Å²) in [5.74, 6) is -0.0170. The van der Waals surface area contributed by atoms with Crippen molar-refractivity contribution in [3.8, 4) is 0 Å². The van der Waals surface area contributed by atoms with Crippen LogP contribution in [-0.4, -0.2) is 36.2 Å². The number of anilines is 1. The number of sulfonamides is 1. The van der Waals surface area contributed by atoms with Gasteiger partial charge in [-0.05, 0) is 30.7 Å². The standard InChI is InChI=1S/C16H19N3O4S2/c1-3-4-13-9-15(21)18-16(17-13)24-10-14(20)11-5-7-12(8-6-11)19-25(2,22)23/h5-9,19H,3-4,10H2,1-2H3,(H,17,18,21). The van der Waals surface area contributed by atoms with Crippen molar-refractivity contribution in [2.75, 3.05) is 16.7 Å². The van der Waals surface area contributed by atoms with Crippen LogP contribution in [0.5, 0.6) is 0 Å². The molecule has 0 radical (unpaired) electrons. The number of H-pyrrole nitrogens is 1. The molecule has 2 N–H and O–H groups in total. The summed E-state index contributed by atoms with van der Waals surface area (Å²) >= 11 is 1.16. The van der Waals surface area contributed by atoms with Crippen LogP contribution in [0.1, 0.15) is 29.4 Å². The maximum absolute atomic E-state index is 12.2. The minimum atomic E-state index is -3.35. The number of carbonyl (C=O) groups is 1. The Hall–Kier alpha value is -2.13.